The zero-order valence-corrected chi connectivity index (χ0v) is 17.2. The smallest absolute Gasteiger partial charge is 0.404 e. The number of ether oxygens (including phenoxy) is 2. The number of rotatable bonds is 3. The van der Waals surface area contributed by atoms with Crippen LogP contribution in [0.15, 0.2) is 16.3 Å². The maximum Gasteiger partial charge on any atom is 0.404 e. The Hall–Kier alpha value is -1.97. The second-order valence-electron chi connectivity index (χ2n) is 9.97. The van der Waals surface area contributed by atoms with Crippen molar-refractivity contribution < 1.29 is 19.1 Å². The largest absolute Gasteiger partial charge is 0.449 e. The van der Waals surface area contributed by atoms with Crippen molar-refractivity contribution in [3.05, 3.63) is 11.3 Å². The topological polar surface area (TPSA) is 109 Å². The number of piperidine rings is 1. The summed E-state index contributed by atoms with van der Waals surface area (Å²) in [5, 5.41) is 3.51. The van der Waals surface area contributed by atoms with E-state index < -0.39 is 17.5 Å². The zero-order chi connectivity index (χ0) is 20.5. The van der Waals surface area contributed by atoms with Gasteiger partial charge in [0, 0.05) is 49.7 Å². The summed E-state index contributed by atoms with van der Waals surface area (Å²) >= 11 is 0. The number of ketones is 1. The Balaban J connectivity index is 1.56. The number of nitrogens with two attached hydrogens (primary N) is 1. The van der Waals surface area contributed by atoms with Gasteiger partial charge in [0.05, 0.1) is 23.4 Å². The van der Waals surface area contributed by atoms with Crippen molar-refractivity contribution in [3.63, 3.8) is 0 Å². The molecule has 1 aliphatic carbocycles. The number of nitrogens with zero attached hydrogens (tertiary/aromatic N) is 3. The number of piperazine rings is 1. The third-order valence-corrected chi connectivity index (χ3v) is 8.07. The van der Waals surface area contributed by atoms with Crippen molar-refractivity contribution in [2.24, 2.45) is 28.0 Å². The molecular weight excluding hydrogens is 374 g/mol. The molecular formula is C20H27N5O4. The summed E-state index contributed by atoms with van der Waals surface area (Å²) in [5.74, 6) is -0.310. The number of nitrogens with one attached hydrogen (secondary N) is 1. The van der Waals surface area contributed by atoms with Gasteiger partial charge in [-0.25, -0.2) is 9.69 Å². The summed E-state index contributed by atoms with van der Waals surface area (Å²) in [6.07, 6.45) is -0.806. The first kappa shape index (κ1) is 17.9. The standard InChI is InChI=1S/C20H27N5O4/c1-9-13-14(23-8-18(2,3)7-22-13)12-10(6-29-17(21)27)20(28-4)15-11-5-24(20)19(12,16(9)26)25(11)15/h10-12,15,22H,5-8H2,1-4H3,(H2,21,27)/t10-,11-,12+,15-,19+,20-,25?/m1/s1. The molecule has 8 atom stereocenters. The van der Waals surface area contributed by atoms with Crippen LogP contribution in [-0.4, -0.2) is 84.2 Å². The fraction of sp³-hybridized carbons (Fsp3) is 0.750. The molecule has 0 aromatic rings. The van der Waals surface area contributed by atoms with Gasteiger partial charge in [0.15, 0.2) is 11.4 Å². The van der Waals surface area contributed by atoms with Gasteiger partial charge in [-0.2, -0.15) is 0 Å². The van der Waals surface area contributed by atoms with E-state index in [9.17, 15) is 9.59 Å². The van der Waals surface area contributed by atoms with Gasteiger partial charge in [-0.3, -0.25) is 14.7 Å². The Bertz CT molecular complexity index is 928. The predicted octanol–water partition coefficient (Wildman–Crippen LogP) is -0.324. The van der Waals surface area contributed by atoms with Crippen LogP contribution in [-0.2, 0) is 14.3 Å². The normalized spacial score (nSPS) is 49.8. The van der Waals surface area contributed by atoms with Gasteiger partial charge in [-0.1, -0.05) is 13.8 Å². The third-order valence-electron chi connectivity index (χ3n) is 8.07. The maximum absolute atomic E-state index is 13.9. The first-order valence-corrected chi connectivity index (χ1v) is 10.3. The Morgan fingerprint density at radius 3 is 2.83 bits per heavy atom. The lowest BCUT2D eigenvalue weighted by Crippen LogP contribution is -2.62. The number of hydrogen-bond acceptors (Lipinski definition) is 8. The van der Waals surface area contributed by atoms with E-state index in [1.54, 1.807) is 7.11 Å². The molecule has 1 spiro atoms. The minimum Gasteiger partial charge on any atom is -0.449 e. The lowest BCUT2D eigenvalue weighted by Gasteiger charge is -2.43. The van der Waals surface area contributed by atoms with Crippen molar-refractivity contribution >= 4 is 17.6 Å². The van der Waals surface area contributed by atoms with Crippen LogP contribution < -0.4 is 11.1 Å². The number of methoxy groups -OCH3 is 1. The number of allylic oxidation sites excluding steroid dienone is 1. The van der Waals surface area contributed by atoms with Gasteiger partial charge < -0.3 is 20.5 Å². The summed E-state index contributed by atoms with van der Waals surface area (Å²) < 4.78 is 11.5. The van der Waals surface area contributed by atoms with Crippen LogP contribution in [0.25, 0.3) is 0 Å². The lowest BCUT2D eigenvalue weighted by molar-refractivity contribution is -0.138. The average Bonchev–Trinajstić information content (AvgIpc) is 2.99. The maximum atomic E-state index is 13.9. The minimum absolute atomic E-state index is 0.0194. The molecule has 9 heteroatoms. The molecule has 7 rings (SSSR count). The summed E-state index contributed by atoms with van der Waals surface area (Å²) in [6, 6.07) is 0.462. The molecule has 7 aliphatic rings. The van der Waals surface area contributed by atoms with Crippen LogP contribution in [0.5, 0.6) is 0 Å². The molecule has 6 bridgehead atoms. The molecule has 6 aliphatic heterocycles. The number of Topliss-reactive ketones (excluding diaryl/α,β-unsaturated/α-hetero) is 1. The van der Waals surface area contributed by atoms with Crippen LogP contribution in [0.1, 0.15) is 20.8 Å². The SMILES string of the molecule is CO[C@@]12[C@H](COC(N)=O)[C@H]3C4=NCC(C)(C)CNC4=C(C)C(=O)[C@@]34N3[C@H](CN14)[C@@H]32. The van der Waals surface area contributed by atoms with Crippen LogP contribution in [0.4, 0.5) is 4.79 Å². The molecule has 29 heavy (non-hydrogen) atoms. The number of primary amides is 1. The van der Waals surface area contributed by atoms with Gasteiger partial charge in [0.25, 0.3) is 0 Å². The molecule has 9 nitrogen and oxygen atoms in total. The average molecular weight is 401 g/mol. The fourth-order valence-electron chi connectivity index (χ4n) is 7.06. The molecule has 0 radical (unpaired) electrons. The van der Waals surface area contributed by atoms with E-state index in [4.69, 9.17) is 20.2 Å². The molecule has 3 N–H and O–H groups in total. The van der Waals surface area contributed by atoms with Crippen LogP contribution in [0.3, 0.4) is 0 Å². The van der Waals surface area contributed by atoms with Crippen molar-refractivity contribution in [1.82, 2.24) is 15.1 Å². The summed E-state index contributed by atoms with van der Waals surface area (Å²) in [6.45, 7) is 8.56. The van der Waals surface area contributed by atoms with E-state index in [1.165, 1.54) is 0 Å². The van der Waals surface area contributed by atoms with Crippen LogP contribution in [0, 0.1) is 17.3 Å². The summed E-state index contributed by atoms with van der Waals surface area (Å²) in [7, 11) is 1.70. The van der Waals surface area contributed by atoms with E-state index in [1.807, 2.05) is 6.92 Å². The van der Waals surface area contributed by atoms with E-state index in [2.05, 4.69) is 29.0 Å². The fourth-order valence-corrected chi connectivity index (χ4v) is 7.06. The first-order valence-electron chi connectivity index (χ1n) is 10.3. The second kappa shape index (κ2) is 5.01. The highest BCUT2D eigenvalue weighted by Crippen LogP contribution is 2.75. The quantitative estimate of drug-likeness (QED) is 0.624. The lowest BCUT2D eigenvalue weighted by atomic mass is 9.69. The first-order chi connectivity index (χ1) is 13.7. The third kappa shape index (κ3) is 1.70. The van der Waals surface area contributed by atoms with Crippen molar-refractivity contribution in [2.45, 2.75) is 44.2 Å². The van der Waals surface area contributed by atoms with Gasteiger partial charge in [-0.05, 0) is 6.92 Å². The van der Waals surface area contributed by atoms with E-state index in [0.717, 1.165) is 30.1 Å². The molecule has 1 amide bonds. The van der Waals surface area contributed by atoms with E-state index in [-0.39, 0.29) is 35.7 Å². The Kier molecular flexibility index (Phi) is 3.09. The molecule has 2 unspecified atom stereocenters. The predicted molar refractivity (Wildman–Crippen MR) is 103 cm³/mol. The number of hydrogen-bond donors (Lipinski definition) is 2. The van der Waals surface area contributed by atoms with Gasteiger partial charge in [0.2, 0.25) is 0 Å². The van der Waals surface area contributed by atoms with Crippen molar-refractivity contribution in [2.75, 3.05) is 33.4 Å². The van der Waals surface area contributed by atoms with Crippen molar-refractivity contribution in [1.29, 1.82) is 0 Å². The highest BCUT2D eigenvalue weighted by atomic mass is 16.6. The number of carbonyl (C=O) groups is 2. The van der Waals surface area contributed by atoms with Gasteiger partial charge in [0.1, 0.15) is 12.3 Å². The zero-order valence-electron chi connectivity index (χ0n) is 17.2. The summed E-state index contributed by atoms with van der Waals surface area (Å²) in [4.78, 5) is 35.0. The number of aliphatic imine (C=N–C) groups is 1. The minimum atomic E-state index is -0.806. The molecule has 0 aromatic heterocycles. The Labute approximate surface area is 169 Å². The van der Waals surface area contributed by atoms with Gasteiger partial charge in [-0.15, -0.1) is 0 Å². The van der Waals surface area contributed by atoms with E-state index >= 15 is 0 Å². The molecule has 156 valence electrons. The van der Waals surface area contributed by atoms with Crippen molar-refractivity contribution in [3.8, 4) is 0 Å². The number of amides is 1. The number of carbonyl (C=O) groups excluding carboxylic acids is 2. The Morgan fingerprint density at radius 1 is 1.41 bits per heavy atom. The van der Waals surface area contributed by atoms with Crippen LogP contribution in [0.2, 0.25) is 0 Å². The highest BCUT2D eigenvalue weighted by Gasteiger charge is 2.95. The number of fused-ring (bicyclic) bond motifs is 2. The molecule has 6 heterocycles. The highest BCUT2D eigenvalue weighted by molar-refractivity contribution is 6.20. The van der Waals surface area contributed by atoms with Gasteiger partial charge >= 0.3 is 6.09 Å². The molecule has 0 aromatic carbocycles. The van der Waals surface area contributed by atoms with E-state index in [0.29, 0.717) is 12.6 Å². The van der Waals surface area contributed by atoms with Crippen LogP contribution >= 0.6 is 0 Å². The molecule has 5 fully saturated rings. The molecule has 0 saturated carbocycles. The monoisotopic (exact) mass is 401 g/mol. The Morgan fingerprint density at radius 2 is 2.17 bits per heavy atom. The molecule has 5 saturated heterocycles. The summed E-state index contributed by atoms with van der Waals surface area (Å²) in [5.41, 5.74) is 6.35. The second-order valence-corrected chi connectivity index (χ2v) is 9.97.